The highest BCUT2D eigenvalue weighted by Gasteiger charge is 2.20. The molecule has 19 heavy (non-hydrogen) atoms. The van der Waals surface area contributed by atoms with Gasteiger partial charge in [-0.1, -0.05) is 0 Å². The Morgan fingerprint density at radius 2 is 2.16 bits per heavy atom. The van der Waals surface area contributed by atoms with Crippen molar-refractivity contribution >= 4 is 28.3 Å². The Kier molecular flexibility index (Phi) is 6.48. The van der Waals surface area contributed by atoms with Gasteiger partial charge in [0.2, 0.25) is 5.75 Å². The molecule has 0 saturated carbocycles. The van der Waals surface area contributed by atoms with Crippen LogP contribution in [0.3, 0.4) is 0 Å². The summed E-state index contributed by atoms with van der Waals surface area (Å²) in [5.74, 6) is 0.122. The molecule has 0 aliphatic rings. The highest BCUT2D eigenvalue weighted by atomic mass is 127. The molecule has 1 N–H and O–H groups in total. The zero-order valence-corrected chi connectivity index (χ0v) is 12.0. The summed E-state index contributed by atoms with van der Waals surface area (Å²) in [5.41, 5.74) is -0.0365. The maximum Gasteiger partial charge on any atom is 0.313 e. The van der Waals surface area contributed by atoms with Crippen LogP contribution in [0, 0.1) is 25.0 Å². The van der Waals surface area contributed by atoms with Gasteiger partial charge in [0.05, 0.1) is 39.9 Å². The summed E-state index contributed by atoms with van der Waals surface area (Å²) >= 11 is 1.88. The van der Waals surface area contributed by atoms with Crippen LogP contribution in [0.25, 0.3) is 0 Å². The van der Waals surface area contributed by atoms with Crippen molar-refractivity contribution in [2.75, 3.05) is 26.4 Å². The molecular weight excluding hydrogens is 367 g/mol. The second-order valence-corrected chi connectivity index (χ2v) is 4.52. The van der Waals surface area contributed by atoms with Crippen molar-refractivity contribution in [2.24, 2.45) is 0 Å². The Labute approximate surface area is 123 Å². The summed E-state index contributed by atoms with van der Waals surface area (Å²) in [6, 6.07) is 4.54. The predicted octanol–water partition coefficient (Wildman–Crippen LogP) is 1.46. The zero-order valence-electron chi connectivity index (χ0n) is 9.84. The third-order valence-corrected chi connectivity index (χ3v) is 2.86. The van der Waals surface area contributed by atoms with E-state index in [0.29, 0.717) is 3.57 Å². The molecule has 0 radical (unpaired) electrons. The molecule has 0 saturated heterocycles. The van der Waals surface area contributed by atoms with Crippen molar-refractivity contribution in [1.82, 2.24) is 0 Å². The van der Waals surface area contributed by atoms with Gasteiger partial charge in [-0.05, 0) is 28.7 Å². The third kappa shape index (κ3) is 4.62. The fraction of sp³-hybridized carbons (Fsp3) is 0.364. The van der Waals surface area contributed by atoms with E-state index < -0.39 is 4.92 Å². The Balaban J connectivity index is 2.81. The van der Waals surface area contributed by atoms with Crippen LogP contribution in [0.1, 0.15) is 5.56 Å². The van der Waals surface area contributed by atoms with E-state index in [0.717, 1.165) is 0 Å². The molecule has 0 aromatic heterocycles. The maximum atomic E-state index is 10.9. The molecule has 8 heteroatoms. The van der Waals surface area contributed by atoms with Gasteiger partial charge in [0, 0.05) is 6.07 Å². The number of nitrogens with zero attached hydrogens (tertiary/aromatic N) is 2. The molecule has 0 bridgehead atoms. The zero-order chi connectivity index (χ0) is 14.3. The normalized spacial score (nSPS) is 9.95. The number of rotatable bonds is 7. The topological polar surface area (TPSA) is 106 Å². The SMILES string of the molecule is N#Cc1cc(I)c(OCCOCCO)c([N+](=O)[O-])c1. The van der Waals surface area contributed by atoms with Gasteiger partial charge in [-0.15, -0.1) is 0 Å². The van der Waals surface area contributed by atoms with E-state index >= 15 is 0 Å². The Morgan fingerprint density at radius 3 is 2.74 bits per heavy atom. The first kappa shape index (κ1) is 15.6. The molecule has 1 aromatic rings. The first-order chi connectivity index (χ1) is 9.10. The van der Waals surface area contributed by atoms with Crippen molar-refractivity contribution < 1.29 is 19.5 Å². The predicted molar refractivity (Wildman–Crippen MR) is 73.9 cm³/mol. The second-order valence-electron chi connectivity index (χ2n) is 3.36. The van der Waals surface area contributed by atoms with Crippen LogP contribution in [0.15, 0.2) is 12.1 Å². The quantitative estimate of drug-likeness (QED) is 0.333. The molecule has 0 atom stereocenters. The molecule has 0 amide bonds. The molecule has 102 valence electrons. The first-order valence-electron chi connectivity index (χ1n) is 5.29. The number of halogens is 1. The molecule has 0 spiro atoms. The van der Waals surface area contributed by atoms with E-state index in [-0.39, 0.29) is 43.4 Å². The van der Waals surface area contributed by atoms with Gasteiger partial charge in [-0.2, -0.15) is 5.26 Å². The molecular formula is C11H11IN2O5. The number of nitro groups is 1. The number of ether oxygens (including phenoxy) is 2. The second kappa shape index (κ2) is 7.88. The summed E-state index contributed by atoms with van der Waals surface area (Å²) < 4.78 is 10.8. The Bertz CT molecular complexity index is 501. The van der Waals surface area contributed by atoms with Crippen molar-refractivity contribution in [2.45, 2.75) is 0 Å². The van der Waals surface area contributed by atoms with Crippen LogP contribution >= 0.6 is 22.6 Å². The molecule has 0 aliphatic heterocycles. The van der Waals surface area contributed by atoms with Crippen molar-refractivity contribution in [1.29, 1.82) is 5.26 Å². The van der Waals surface area contributed by atoms with Crippen LogP contribution < -0.4 is 4.74 Å². The van der Waals surface area contributed by atoms with Crippen molar-refractivity contribution in [3.8, 4) is 11.8 Å². The Morgan fingerprint density at radius 1 is 1.42 bits per heavy atom. The smallest absolute Gasteiger partial charge is 0.313 e. The molecule has 1 rings (SSSR count). The summed E-state index contributed by atoms with van der Waals surface area (Å²) in [6.45, 7) is 0.445. The minimum absolute atomic E-state index is 0.0887. The number of benzene rings is 1. The number of aliphatic hydroxyl groups is 1. The minimum atomic E-state index is -0.590. The average molecular weight is 378 g/mol. The van der Waals surface area contributed by atoms with Gasteiger partial charge in [0.15, 0.2) is 0 Å². The summed E-state index contributed by atoms with van der Waals surface area (Å²) in [6.07, 6.45) is 0. The van der Waals surface area contributed by atoms with Gasteiger partial charge < -0.3 is 14.6 Å². The Hall–Kier alpha value is -1.44. The van der Waals surface area contributed by atoms with Gasteiger partial charge in [-0.3, -0.25) is 10.1 Å². The van der Waals surface area contributed by atoms with Gasteiger partial charge in [-0.25, -0.2) is 0 Å². The van der Waals surface area contributed by atoms with E-state index in [2.05, 4.69) is 0 Å². The number of nitriles is 1. The molecule has 0 aliphatic carbocycles. The summed E-state index contributed by atoms with van der Waals surface area (Å²) in [7, 11) is 0. The lowest BCUT2D eigenvalue weighted by molar-refractivity contribution is -0.386. The molecule has 0 heterocycles. The van der Waals surface area contributed by atoms with Crippen LogP contribution in [0.2, 0.25) is 0 Å². The van der Waals surface area contributed by atoms with Gasteiger partial charge in [0.1, 0.15) is 6.61 Å². The van der Waals surface area contributed by atoms with E-state index in [1.807, 2.05) is 28.7 Å². The highest BCUT2D eigenvalue weighted by molar-refractivity contribution is 14.1. The van der Waals surface area contributed by atoms with E-state index in [1.165, 1.54) is 12.1 Å². The largest absolute Gasteiger partial charge is 0.484 e. The summed E-state index contributed by atoms with van der Waals surface area (Å²) in [5, 5.41) is 28.2. The summed E-state index contributed by atoms with van der Waals surface area (Å²) in [4.78, 5) is 10.3. The van der Waals surface area contributed by atoms with Crippen LogP contribution in [-0.2, 0) is 4.74 Å². The molecule has 0 fully saturated rings. The van der Waals surface area contributed by atoms with E-state index in [1.54, 1.807) is 0 Å². The molecule has 0 unspecified atom stereocenters. The first-order valence-corrected chi connectivity index (χ1v) is 6.37. The molecule has 1 aromatic carbocycles. The lowest BCUT2D eigenvalue weighted by Crippen LogP contribution is -2.10. The van der Waals surface area contributed by atoms with Crippen LogP contribution in [0.4, 0.5) is 5.69 Å². The fourth-order valence-corrected chi connectivity index (χ4v) is 2.06. The van der Waals surface area contributed by atoms with Crippen LogP contribution in [-0.4, -0.2) is 36.5 Å². The van der Waals surface area contributed by atoms with Crippen LogP contribution in [0.5, 0.6) is 5.75 Å². The third-order valence-electron chi connectivity index (χ3n) is 2.06. The molecule has 7 nitrogen and oxygen atoms in total. The van der Waals surface area contributed by atoms with Crippen molar-refractivity contribution in [3.63, 3.8) is 0 Å². The van der Waals surface area contributed by atoms with Crippen molar-refractivity contribution in [3.05, 3.63) is 31.4 Å². The van der Waals surface area contributed by atoms with E-state index in [4.69, 9.17) is 19.8 Å². The average Bonchev–Trinajstić information content (AvgIpc) is 2.39. The number of hydrogen-bond donors (Lipinski definition) is 1. The monoisotopic (exact) mass is 378 g/mol. The number of nitro benzene ring substituents is 1. The van der Waals surface area contributed by atoms with Gasteiger partial charge in [0.25, 0.3) is 0 Å². The van der Waals surface area contributed by atoms with Gasteiger partial charge >= 0.3 is 5.69 Å². The standard InChI is InChI=1S/C11H11IN2O5/c12-9-5-8(7-13)6-10(14(16)17)11(9)19-4-3-18-2-1-15/h5-6,15H,1-4H2. The lowest BCUT2D eigenvalue weighted by Gasteiger charge is -2.09. The highest BCUT2D eigenvalue weighted by Crippen LogP contribution is 2.33. The minimum Gasteiger partial charge on any atom is -0.484 e. The maximum absolute atomic E-state index is 10.9. The number of aliphatic hydroxyl groups excluding tert-OH is 1. The fourth-order valence-electron chi connectivity index (χ4n) is 1.29. The lowest BCUT2D eigenvalue weighted by atomic mass is 10.2. The number of hydrogen-bond acceptors (Lipinski definition) is 6. The van der Waals surface area contributed by atoms with E-state index in [9.17, 15) is 10.1 Å².